The van der Waals surface area contributed by atoms with E-state index in [1.807, 2.05) is 0 Å². The monoisotopic (exact) mass is 387 g/mol. The molecule has 1 aromatic carbocycles. The smallest absolute Gasteiger partial charge is 0.229 e. The molecule has 1 fully saturated rings. The van der Waals surface area contributed by atoms with E-state index in [-0.39, 0.29) is 5.78 Å². The maximum Gasteiger partial charge on any atom is 0.229 e. The van der Waals surface area contributed by atoms with Crippen LogP contribution in [0.25, 0.3) is 0 Å². The predicted octanol–water partition coefficient (Wildman–Crippen LogP) is -0.0507. The van der Waals surface area contributed by atoms with E-state index < -0.39 is 37.3 Å². The molecular formula is C20H21NO7. The molecule has 0 unspecified atom stereocenters. The van der Waals surface area contributed by atoms with Crippen molar-refractivity contribution in [3.8, 4) is 5.75 Å². The first kappa shape index (κ1) is 19.0. The van der Waals surface area contributed by atoms with Crippen molar-refractivity contribution in [1.29, 1.82) is 0 Å². The molecule has 5 atom stereocenters. The number of ketones is 1. The van der Waals surface area contributed by atoms with Crippen molar-refractivity contribution in [2.45, 2.75) is 43.5 Å². The van der Waals surface area contributed by atoms with E-state index in [9.17, 15) is 25.2 Å². The molecule has 1 aliphatic carbocycles. The van der Waals surface area contributed by atoms with Crippen molar-refractivity contribution in [2.75, 3.05) is 6.61 Å². The van der Waals surface area contributed by atoms with E-state index in [2.05, 4.69) is 4.99 Å². The largest absolute Gasteiger partial charge is 0.462 e. The van der Waals surface area contributed by atoms with Crippen LogP contribution in [0.2, 0.25) is 0 Å². The summed E-state index contributed by atoms with van der Waals surface area (Å²) in [6.07, 6.45) is -0.567. The number of fused-ring (bicyclic) bond motifs is 2. The first-order chi connectivity index (χ1) is 13.5. The highest BCUT2D eigenvalue weighted by Gasteiger charge is 2.44. The molecule has 4 rings (SSSR count). The number of allylic oxidation sites excluding steroid dienone is 4. The number of aliphatic hydroxyl groups is 4. The van der Waals surface area contributed by atoms with Crippen molar-refractivity contribution in [2.24, 2.45) is 4.99 Å². The average molecular weight is 387 g/mol. The van der Waals surface area contributed by atoms with Crippen LogP contribution in [-0.4, -0.2) is 69.2 Å². The molecule has 0 aromatic heterocycles. The minimum atomic E-state index is -1.50. The summed E-state index contributed by atoms with van der Waals surface area (Å²) in [5.41, 5.74) is 3.32. The van der Waals surface area contributed by atoms with Gasteiger partial charge in [-0.15, -0.1) is 0 Å². The number of aliphatic hydroxyl groups excluding tert-OH is 4. The van der Waals surface area contributed by atoms with E-state index in [0.717, 1.165) is 22.5 Å². The first-order valence-electron chi connectivity index (χ1n) is 9.08. The number of hydrogen-bond donors (Lipinski definition) is 4. The lowest BCUT2D eigenvalue weighted by molar-refractivity contribution is -0.277. The Morgan fingerprint density at radius 2 is 1.93 bits per heavy atom. The Morgan fingerprint density at radius 3 is 2.71 bits per heavy atom. The Balaban J connectivity index is 1.55. The van der Waals surface area contributed by atoms with Crippen molar-refractivity contribution in [3.63, 3.8) is 0 Å². The molecule has 0 saturated carbocycles. The average Bonchev–Trinajstić information content (AvgIpc) is 2.87. The maximum absolute atomic E-state index is 11.6. The van der Waals surface area contributed by atoms with Gasteiger partial charge in [0.1, 0.15) is 30.2 Å². The fourth-order valence-electron chi connectivity index (χ4n) is 3.51. The molecule has 0 bridgehead atoms. The fourth-order valence-corrected chi connectivity index (χ4v) is 3.51. The molecule has 4 N–H and O–H groups in total. The molecular weight excluding hydrogens is 366 g/mol. The number of carbonyl (C=O) groups excluding carboxylic acids is 1. The molecule has 0 spiro atoms. The van der Waals surface area contributed by atoms with Crippen LogP contribution in [0, 0.1) is 0 Å². The number of ether oxygens (including phenoxy) is 2. The molecule has 1 aromatic rings. The lowest BCUT2D eigenvalue weighted by Gasteiger charge is -2.39. The number of aryl methyl sites for hydroxylation is 1. The van der Waals surface area contributed by atoms with Crippen molar-refractivity contribution >= 4 is 17.2 Å². The molecule has 8 heteroatoms. The first-order valence-corrected chi connectivity index (χ1v) is 9.08. The van der Waals surface area contributed by atoms with E-state index in [1.165, 1.54) is 6.08 Å². The number of benzene rings is 1. The van der Waals surface area contributed by atoms with E-state index in [4.69, 9.17) is 9.47 Å². The number of carbonyl (C=O) groups is 1. The van der Waals surface area contributed by atoms with Crippen LogP contribution in [0.1, 0.15) is 12.0 Å². The van der Waals surface area contributed by atoms with Gasteiger partial charge in [-0.2, -0.15) is 0 Å². The summed E-state index contributed by atoms with van der Waals surface area (Å²) in [4.78, 5) is 16.2. The van der Waals surface area contributed by atoms with Gasteiger partial charge in [-0.25, -0.2) is 4.99 Å². The number of rotatable bonds is 3. The number of hydrogen-bond acceptors (Lipinski definition) is 8. The zero-order valence-corrected chi connectivity index (χ0v) is 14.9. The summed E-state index contributed by atoms with van der Waals surface area (Å²) in [6, 6.07) is 5.20. The minimum Gasteiger partial charge on any atom is -0.462 e. The predicted molar refractivity (Wildman–Crippen MR) is 98.5 cm³/mol. The van der Waals surface area contributed by atoms with Crippen LogP contribution < -0.4 is 4.74 Å². The molecule has 2 heterocycles. The SMILES string of the molecule is O=C1C=CC2=Nc3ccc(O[C@@H]4O[C@H](CO)[C@H](O)[C@H](O)[C@H]4O)cc3CCC2=C1. The van der Waals surface area contributed by atoms with Crippen LogP contribution >= 0.6 is 0 Å². The zero-order valence-electron chi connectivity index (χ0n) is 14.9. The molecule has 8 nitrogen and oxygen atoms in total. The Kier molecular flexibility index (Phi) is 5.13. The molecule has 2 aliphatic heterocycles. The number of nitrogens with zero attached hydrogens (tertiary/aromatic N) is 1. The Labute approximate surface area is 161 Å². The van der Waals surface area contributed by atoms with Crippen molar-refractivity contribution < 1.29 is 34.7 Å². The second-order valence-electron chi connectivity index (χ2n) is 7.01. The van der Waals surface area contributed by atoms with Crippen LogP contribution in [0.4, 0.5) is 5.69 Å². The van der Waals surface area contributed by atoms with Gasteiger partial charge in [0.2, 0.25) is 6.29 Å². The molecule has 1 saturated heterocycles. The van der Waals surface area contributed by atoms with Gasteiger partial charge in [-0.3, -0.25) is 4.79 Å². The zero-order chi connectivity index (χ0) is 19.8. The lowest BCUT2D eigenvalue weighted by atomic mass is 9.97. The summed E-state index contributed by atoms with van der Waals surface area (Å²) in [5.74, 6) is 0.347. The highest BCUT2D eigenvalue weighted by Crippen LogP contribution is 2.33. The minimum absolute atomic E-state index is 0.0495. The van der Waals surface area contributed by atoms with Crippen LogP contribution in [0.5, 0.6) is 5.75 Å². The normalized spacial score (nSPS) is 32.0. The van der Waals surface area contributed by atoms with Crippen molar-refractivity contribution in [1.82, 2.24) is 0 Å². The van der Waals surface area contributed by atoms with Crippen LogP contribution in [-0.2, 0) is 16.0 Å². The molecule has 0 radical (unpaired) electrons. The molecule has 148 valence electrons. The van der Waals surface area contributed by atoms with Gasteiger partial charge >= 0.3 is 0 Å². The molecule has 28 heavy (non-hydrogen) atoms. The molecule has 3 aliphatic rings. The summed E-state index contributed by atoms with van der Waals surface area (Å²) >= 11 is 0. The van der Waals surface area contributed by atoms with Gasteiger partial charge in [0, 0.05) is 0 Å². The Hall–Kier alpha value is -2.36. The summed E-state index contributed by atoms with van der Waals surface area (Å²) < 4.78 is 11.1. The third kappa shape index (κ3) is 3.52. The number of aliphatic imine (C=N–C) groups is 1. The van der Waals surface area contributed by atoms with E-state index in [1.54, 1.807) is 30.4 Å². The van der Waals surface area contributed by atoms with Gasteiger partial charge in [-0.05, 0) is 60.4 Å². The van der Waals surface area contributed by atoms with Crippen molar-refractivity contribution in [3.05, 3.63) is 47.6 Å². The lowest BCUT2D eigenvalue weighted by Crippen LogP contribution is -2.60. The van der Waals surface area contributed by atoms with Crippen LogP contribution in [0.15, 0.2) is 47.0 Å². The van der Waals surface area contributed by atoms with Crippen LogP contribution in [0.3, 0.4) is 0 Å². The summed E-state index contributed by atoms with van der Waals surface area (Å²) in [7, 11) is 0. The summed E-state index contributed by atoms with van der Waals surface area (Å²) in [5, 5.41) is 39.1. The topological polar surface area (TPSA) is 129 Å². The van der Waals surface area contributed by atoms with Gasteiger partial charge in [0.05, 0.1) is 18.0 Å². The summed E-state index contributed by atoms with van der Waals surface area (Å²) in [6.45, 7) is -0.520. The maximum atomic E-state index is 11.6. The second kappa shape index (κ2) is 7.57. The van der Waals surface area contributed by atoms with Gasteiger partial charge in [-0.1, -0.05) is 0 Å². The quantitative estimate of drug-likeness (QED) is 0.535. The Morgan fingerprint density at radius 1 is 1.11 bits per heavy atom. The molecule has 0 amide bonds. The second-order valence-corrected chi connectivity index (χ2v) is 7.01. The standard InChI is InChI=1S/C20H21NO7/c22-9-16-17(24)18(25)19(26)20(28-16)27-13-4-6-15-11(8-13)2-1-10-7-12(23)3-5-14(10)21-15/h3-8,16-20,22,24-26H,1-2,9H2/t16-,17+,18+,19-,20-/m1/s1. The third-order valence-corrected chi connectivity index (χ3v) is 5.11. The Bertz CT molecular complexity index is 873. The van der Waals surface area contributed by atoms with Gasteiger partial charge < -0.3 is 29.9 Å². The highest BCUT2D eigenvalue weighted by molar-refractivity contribution is 6.20. The van der Waals surface area contributed by atoms with Gasteiger partial charge in [0.15, 0.2) is 5.78 Å². The highest BCUT2D eigenvalue weighted by atomic mass is 16.7. The van der Waals surface area contributed by atoms with Gasteiger partial charge in [0.25, 0.3) is 0 Å². The third-order valence-electron chi connectivity index (χ3n) is 5.11. The van der Waals surface area contributed by atoms with E-state index in [0.29, 0.717) is 18.6 Å². The van der Waals surface area contributed by atoms with E-state index >= 15 is 0 Å². The fraction of sp³-hybridized carbons (Fsp3) is 0.400.